The first-order valence-corrected chi connectivity index (χ1v) is 7.99. The highest BCUT2D eigenvalue weighted by Gasteiger charge is 2.15. The molecule has 118 valence electrons. The van der Waals surface area contributed by atoms with E-state index in [1.165, 1.54) is 11.6 Å². The highest BCUT2D eigenvalue weighted by atomic mass is 35.5. The normalized spacial score (nSPS) is 14.3. The number of nitrogens with one attached hydrogen (secondary N) is 1. The number of hydrogen-bond donors (Lipinski definition) is 1. The van der Waals surface area contributed by atoms with Crippen molar-refractivity contribution in [3.05, 3.63) is 70.3 Å². The molecule has 0 spiro atoms. The summed E-state index contributed by atoms with van der Waals surface area (Å²) >= 11 is 5.93. The Labute approximate surface area is 140 Å². The van der Waals surface area contributed by atoms with Crippen molar-refractivity contribution in [2.75, 3.05) is 6.61 Å². The third kappa shape index (κ3) is 3.93. The van der Waals surface area contributed by atoms with E-state index in [9.17, 15) is 4.79 Å². The molecule has 0 aromatic heterocycles. The number of fused-ring (bicyclic) bond motifs is 1. The number of ether oxygens (including phenoxy) is 1. The minimum Gasteiger partial charge on any atom is -0.493 e. The van der Waals surface area contributed by atoms with E-state index in [2.05, 4.69) is 11.4 Å². The van der Waals surface area contributed by atoms with Gasteiger partial charge in [-0.25, -0.2) is 0 Å². The first kappa shape index (κ1) is 15.6. The van der Waals surface area contributed by atoms with Crippen LogP contribution in [0.15, 0.2) is 48.5 Å². The van der Waals surface area contributed by atoms with Crippen LogP contribution in [0.5, 0.6) is 5.75 Å². The van der Waals surface area contributed by atoms with Gasteiger partial charge in [0.25, 0.3) is 0 Å². The van der Waals surface area contributed by atoms with E-state index in [1.807, 2.05) is 37.3 Å². The van der Waals surface area contributed by atoms with Crippen LogP contribution in [-0.4, -0.2) is 12.5 Å². The predicted molar refractivity (Wildman–Crippen MR) is 92.7 cm³/mol. The van der Waals surface area contributed by atoms with Crippen LogP contribution in [0.4, 0.5) is 0 Å². The van der Waals surface area contributed by atoms with Crippen molar-refractivity contribution in [1.29, 1.82) is 0 Å². The highest BCUT2D eigenvalue weighted by Crippen LogP contribution is 2.28. The van der Waals surface area contributed by atoms with Crippen molar-refractivity contribution in [3.8, 4) is 5.75 Å². The molecule has 1 atom stereocenters. The van der Waals surface area contributed by atoms with Crippen LogP contribution >= 0.6 is 11.6 Å². The lowest BCUT2D eigenvalue weighted by molar-refractivity contribution is -0.117. The molecule has 1 unspecified atom stereocenters. The van der Waals surface area contributed by atoms with E-state index in [-0.39, 0.29) is 11.9 Å². The van der Waals surface area contributed by atoms with Gasteiger partial charge in [0.2, 0.25) is 5.91 Å². The van der Waals surface area contributed by atoms with Crippen LogP contribution in [0.2, 0.25) is 5.02 Å². The van der Waals surface area contributed by atoms with E-state index >= 15 is 0 Å². The molecule has 0 saturated carbocycles. The Morgan fingerprint density at radius 2 is 2.17 bits per heavy atom. The number of carbonyl (C=O) groups is 1. The molecule has 0 aliphatic carbocycles. The zero-order valence-electron chi connectivity index (χ0n) is 12.9. The molecule has 0 fully saturated rings. The maximum atomic E-state index is 12.1. The molecule has 1 aliphatic rings. The molecular formula is C19H18ClNO2. The highest BCUT2D eigenvalue weighted by molar-refractivity contribution is 6.30. The molecule has 1 N–H and O–H groups in total. The quantitative estimate of drug-likeness (QED) is 0.856. The van der Waals surface area contributed by atoms with Gasteiger partial charge in [0.1, 0.15) is 5.75 Å². The van der Waals surface area contributed by atoms with E-state index < -0.39 is 0 Å². The van der Waals surface area contributed by atoms with Gasteiger partial charge < -0.3 is 10.1 Å². The van der Waals surface area contributed by atoms with Crippen molar-refractivity contribution < 1.29 is 9.53 Å². The van der Waals surface area contributed by atoms with Gasteiger partial charge >= 0.3 is 0 Å². The lowest BCUT2D eigenvalue weighted by Gasteiger charge is -2.14. The summed E-state index contributed by atoms with van der Waals surface area (Å²) in [5.74, 6) is 0.822. The summed E-state index contributed by atoms with van der Waals surface area (Å²) in [6.45, 7) is 2.71. The fourth-order valence-electron chi connectivity index (χ4n) is 2.60. The summed E-state index contributed by atoms with van der Waals surface area (Å²) in [7, 11) is 0. The first-order valence-electron chi connectivity index (χ1n) is 7.61. The van der Waals surface area contributed by atoms with Crippen LogP contribution < -0.4 is 10.1 Å². The molecule has 0 radical (unpaired) electrons. The molecule has 3 nitrogen and oxygen atoms in total. The zero-order valence-corrected chi connectivity index (χ0v) is 13.6. The molecule has 0 bridgehead atoms. The lowest BCUT2D eigenvalue weighted by atomic mass is 10.0. The van der Waals surface area contributed by atoms with Crippen LogP contribution in [-0.2, 0) is 11.2 Å². The van der Waals surface area contributed by atoms with Crippen molar-refractivity contribution in [1.82, 2.24) is 5.32 Å². The van der Waals surface area contributed by atoms with Gasteiger partial charge in [0.15, 0.2) is 0 Å². The Kier molecular flexibility index (Phi) is 4.68. The van der Waals surface area contributed by atoms with Crippen molar-refractivity contribution in [3.63, 3.8) is 0 Å². The SMILES string of the molecule is CC(NC(=O)C=Cc1cccc(Cl)c1)c1ccc2c(c1)CCO2. The number of benzene rings is 2. The molecule has 2 aromatic rings. The Bertz CT molecular complexity index is 755. The number of carbonyl (C=O) groups excluding carboxylic acids is 1. The second-order valence-corrected chi connectivity index (χ2v) is 6.02. The number of rotatable bonds is 4. The van der Waals surface area contributed by atoms with Crippen LogP contribution in [0, 0.1) is 0 Å². The van der Waals surface area contributed by atoms with Gasteiger partial charge in [-0.15, -0.1) is 0 Å². The predicted octanol–water partition coefficient (Wildman–Crippen LogP) is 4.17. The maximum Gasteiger partial charge on any atom is 0.244 e. The molecule has 23 heavy (non-hydrogen) atoms. The average molecular weight is 328 g/mol. The van der Waals surface area contributed by atoms with Crippen molar-refractivity contribution >= 4 is 23.6 Å². The fraction of sp³-hybridized carbons (Fsp3) is 0.211. The van der Waals surface area contributed by atoms with Gasteiger partial charge in [0.05, 0.1) is 12.6 Å². The number of hydrogen-bond acceptors (Lipinski definition) is 2. The molecule has 0 saturated heterocycles. The third-order valence-corrected chi connectivity index (χ3v) is 4.08. The molecule has 2 aromatic carbocycles. The van der Waals surface area contributed by atoms with Gasteiger partial charge in [-0.3, -0.25) is 4.79 Å². The maximum absolute atomic E-state index is 12.1. The van der Waals surface area contributed by atoms with Crippen molar-refractivity contribution in [2.24, 2.45) is 0 Å². The van der Waals surface area contributed by atoms with Crippen LogP contribution in [0.25, 0.3) is 6.08 Å². The molecule has 3 rings (SSSR count). The fourth-order valence-corrected chi connectivity index (χ4v) is 2.80. The zero-order chi connectivity index (χ0) is 16.2. The van der Waals surface area contributed by atoms with Gasteiger partial charge in [0, 0.05) is 17.5 Å². The molecular weight excluding hydrogens is 310 g/mol. The smallest absolute Gasteiger partial charge is 0.244 e. The lowest BCUT2D eigenvalue weighted by Crippen LogP contribution is -2.24. The standard InChI is InChI=1S/C19H18ClNO2/c1-13(15-6-7-18-16(12-15)9-10-23-18)21-19(22)8-5-14-3-2-4-17(20)11-14/h2-8,11-13H,9-10H2,1H3,(H,21,22). The summed E-state index contributed by atoms with van der Waals surface area (Å²) < 4.78 is 5.50. The van der Waals surface area contributed by atoms with Crippen LogP contribution in [0.3, 0.4) is 0 Å². The summed E-state index contributed by atoms with van der Waals surface area (Å²) in [5.41, 5.74) is 3.19. The topological polar surface area (TPSA) is 38.3 Å². The summed E-state index contributed by atoms with van der Waals surface area (Å²) in [6.07, 6.45) is 4.21. The molecule has 4 heteroatoms. The van der Waals surface area contributed by atoms with Crippen LogP contribution in [0.1, 0.15) is 29.7 Å². The summed E-state index contributed by atoms with van der Waals surface area (Å²) in [4.78, 5) is 12.1. The second kappa shape index (κ2) is 6.88. The Balaban J connectivity index is 1.63. The third-order valence-electron chi connectivity index (χ3n) is 3.85. The van der Waals surface area contributed by atoms with E-state index in [0.717, 1.165) is 29.9 Å². The second-order valence-electron chi connectivity index (χ2n) is 5.58. The Hall–Kier alpha value is -2.26. The summed E-state index contributed by atoms with van der Waals surface area (Å²) in [5, 5.41) is 3.63. The minimum absolute atomic E-state index is 0.0580. The molecule has 1 aliphatic heterocycles. The van der Waals surface area contributed by atoms with E-state index in [1.54, 1.807) is 12.1 Å². The Morgan fingerprint density at radius 3 is 3.00 bits per heavy atom. The Morgan fingerprint density at radius 1 is 1.30 bits per heavy atom. The number of halogens is 1. The first-order chi connectivity index (χ1) is 11.1. The minimum atomic E-state index is -0.130. The number of amides is 1. The monoisotopic (exact) mass is 327 g/mol. The van der Waals surface area contributed by atoms with E-state index in [0.29, 0.717) is 5.02 Å². The largest absolute Gasteiger partial charge is 0.493 e. The average Bonchev–Trinajstić information content (AvgIpc) is 3.00. The van der Waals surface area contributed by atoms with Crippen molar-refractivity contribution in [2.45, 2.75) is 19.4 Å². The molecule has 1 heterocycles. The molecule has 1 amide bonds. The summed E-state index contributed by atoms with van der Waals surface area (Å²) in [6, 6.07) is 13.4. The van der Waals surface area contributed by atoms with Gasteiger partial charge in [-0.2, -0.15) is 0 Å². The van der Waals surface area contributed by atoms with Gasteiger partial charge in [-0.1, -0.05) is 29.8 Å². The van der Waals surface area contributed by atoms with E-state index in [4.69, 9.17) is 16.3 Å². The van der Waals surface area contributed by atoms with Gasteiger partial charge in [-0.05, 0) is 54.0 Å².